The Morgan fingerprint density at radius 2 is 1.81 bits per heavy atom. The number of fused-ring (bicyclic) bond motifs is 1. The summed E-state index contributed by atoms with van der Waals surface area (Å²) in [6.45, 7) is 2.12. The highest BCUT2D eigenvalue weighted by Crippen LogP contribution is 2.34. The summed E-state index contributed by atoms with van der Waals surface area (Å²) < 4.78 is 44.0. The molecule has 0 bridgehead atoms. The summed E-state index contributed by atoms with van der Waals surface area (Å²) in [6.07, 6.45) is 5.68. The number of nitrogens with zero attached hydrogens (tertiary/aromatic N) is 2. The summed E-state index contributed by atoms with van der Waals surface area (Å²) >= 11 is 0. The van der Waals surface area contributed by atoms with Gasteiger partial charge in [0.2, 0.25) is 0 Å². The topological polar surface area (TPSA) is 89.0 Å². The lowest BCUT2D eigenvalue weighted by atomic mass is 10.1. The van der Waals surface area contributed by atoms with Gasteiger partial charge < -0.3 is 19.5 Å². The van der Waals surface area contributed by atoms with Crippen molar-refractivity contribution >= 4 is 11.9 Å². The third kappa shape index (κ3) is 6.16. The Morgan fingerprint density at radius 1 is 1.16 bits per heavy atom. The van der Waals surface area contributed by atoms with Crippen molar-refractivity contribution in [3.8, 4) is 0 Å². The zero-order valence-corrected chi connectivity index (χ0v) is 17.1. The standard InChI is InChI=1S/C19H26N2O3.C2HF3O2/c22-19(15-7-9-20-10-8-15)21-11-12-23-18-16(21)5-6-17(18)24-13-14-3-1-2-4-14;3-2(4,5)1(6)7/h7-10,14,16-18H,1-6,11-13H2;(H,6,7)/t16-,17+,18+;/m0./s1. The molecule has 7 nitrogen and oxygen atoms in total. The number of hydrogen-bond acceptors (Lipinski definition) is 5. The first-order valence-electron chi connectivity index (χ1n) is 10.5. The molecule has 1 saturated heterocycles. The van der Waals surface area contributed by atoms with E-state index in [0.29, 0.717) is 18.7 Å². The molecule has 1 amide bonds. The van der Waals surface area contributed by atoms with Crippen LogP contribution >= 0.6 is 0 Å². The second kappa shape index (κ2) is 10.4. The minimum absolute atomic E-state index is 0.0333. The van der Waals surface area contributed by atoms with Crippen LogP contribution in [-0.2, 0) is 14.3 Å². The largest absolute Gasteiger partial charge is 0.490 e. The predicted octanol–water partition coefficient (Wildman–Crippen LogP) is 3.29. The van der Waals surface area contributed by atoms with Crippen LogP contribution in [0.1, 0.15) is 48.9 Å². The van der Waals surface area contributed by atoms with Crippen LogP contribution in [0.15, 0.2) is 24.5 Å². The highest BCUT2D eigenvalue weighted by molar-refractivity contribution is 5.94. The van der Waals surface area contributed by atoms with Crippen LogP contribution < -0.4 is 0 Å². The molecule has 3 atom stereocenters. The second-order valence-corrected chi connectivity index (χ2v) is 8.04. The van der Waals surface area contributed by atoms with Gasteiger partial charge in [0.25, 0.3) is 5.91 Å². The van der Waals surface area contributed by atoms with Crippen LogP contribution in [0.5, 0.6) is 0 Å². The fourth-order valence-electron chi connectivity index (χ4n) is 4.44. The van der Waals surface area contributed by atoms with Gasteiger partial charge in [-0.2, -0.15) is 13.2 Å². The number of amides is 1. The summed E-state index contributed by atoms with van der Waals surface area (Å²) in [5, 5.41) is 7.12. The molecule has 1 N–H and O–H groups in total. The molecule has 3 fully saturated rings. The van der Waals surface area contributed by atoms with E-state index >= 15 is 0 Å². The van der Waals surface area contributed by atoms with Crippen LogP contribution in [0.25, 0.3) is 0 Å². The lowest BCUT2D eigenvalue weighted by Crippen LogP contribution is -2.54. The number of carbonyl (C=O) groups excluding carboxylic acids is 1. The molecule has 10 heteroatoms. The Kier molecular flexibility index (Phi) is 7.88. The zero-order valence-electron chi connectivity index (χ0n) is 17.1. The Bertz CT molecular complexity index is 740. The molecule has 0 aromatic carbocycles. The molecule has 1 aromatic rings. The maximum atomic E-state index is 12.8. The number of carbonyl (C=O) groups is 2. The van der Waals surface area contributed by atoms with E-state index in [4.69, 9.17) is 19.4 Å². The monoisotopic (exact) mass is 444 g/mol. The first-order chi connectivity index (χ1) is 14.8. The van der Waals surface area contributed by atoms with Crippen LogP contribution in [0.4, 0.5) is 13.2 Å². The number of rotatable bonds is 4. The van der Waals surface area contributed by atoms with Gasteiger partial charge in [-0.1, -0.05) is 12.8 Å². The number of alkyl halides is 3. The van der Waals surface area contributed by atoms with Gasteiger partial charge in [-0.05, 0) is 43.7 Å². The molecule has 2 heterocycles. The van der Waals surface area contributed by atoms with Crippen molar-refractivity contribution < 1.29 is 37.3 Å². The SMILES string of the molecule is O=C(O)C(F)(F)F.O=C(c1ccncc1)N1CCO[C@H]2[C@H](OCC3CCCC3)CC[C@@H]21. The van der Waals surface area contributed by atoms with Crippen LogP contribution in [0.3, 0.4) is 0 Å². The number of aliphatic carboxylic acids is 1. The van der Waals surface area contributed by atoms with Crippen LogP contribution in [-0.4, -0.2) is 71.1 Å². The number of carboxylic acid groups (broad SMARTS) is 1. The van der Waals surface area contributed by atoms with E-state index in [0.717, 1.165) is 25.4 Å². The first kappa shape index (κ1) is 23.5. The molecule has 3 aliphatic rings. The number of halogens is 3. The van der Waals surface area contributed by atoms with E-state index in [9.17, 15) is 18.0 Å². The van der Waals surface area contributed by atoms with Gasteiger partial charge >= 0.3 is 12.1 Å². The molecule has 2 saturated carbocycles. The molecule has 2 aliphatic carbocycles. The van der Waals surface area contributed by atoms with E-state index < -0.39 is 12.1 Å². The second-order valence-electron chi connectivity index (χ2n) is 8.04. The van der Waals surface area contributed by atoms with Gasteiger partial charge in [-0.15, -0.1) is 0 Å². The van der Waals surface area contributed by atoms with Crippen molar-refractivity contribution in [2.75, 3.05) is 19.8 Å². The minimum atomic E-state index is -5.08. The molecule has 1 aliphatic heterocycles. The quantitative estimate of drug-likeness (QED) is 0.767. The van der Waals surface area contributed by atoms with Gasteiger partial charge in [0.1, 0.15) is 6.10 Å². The highest BCUT2D eigenvalue weighted by atomic mass is 19.4. The maximum absolute atomic E-state index is 12.8. The van der Waals surface area contributed by atoms with Crippen molar-refractivity contribution in [1.29, 1.82) is 0 Å². The molecule has 4 rings (SSSR count). The van der Waals surface area contributed by atoms with E-state index in [-0.39, 0.29) is 24.2 Å². The molecule has 1 aromatic heterocycles. The summed E-state index contributed by atoms with van der Waals surface area (Å²) in [7, 11) is 0. The number of aromatic nitrogens is 1. The lowest BCUT2D eigenvalue weighted by Gasteiger charge is -2.39. The Balaban J connectivity index is 0.000000339. The smallest absolute Gasteiger partial charge is 0.475 e. The van der Waals surface area contributed by atoms with Crippen molar-refractivity contribution in [2.24, 2.45) is 5.92 Å². The normalized spacial score (nSPS) is 26.2. The van der Waals surface area contributed by atoms with E-state index in [2.05, 4.69) is 4.98 Å². The lowest BCUT2D eigenvalue weighted by molar-refractivity contribution is -0.192. The maximum Gasteiger partial charge on any atom is 0.490 e. The van der Waals surface area contributed by atoms with E-state index in [1.165, 1.54) is 25.7 Å². The molecular weight excluding hydrogens is 417 g/mol. The Labute approximate surface area is 178 Å². The van der Waals surface area contributed by atoms with Gasteiger partial charge in [0.15, 0.2) is 0 Å². The van der Waals surface area contributed by atoms with Crippen molar-refractivity contribution in [3.63, 3.8) is 0 Å². The molecular formula is C21H27F3N2O5. The fourth-order valence-corrected chi connectivity index (χ4v) is 4.44. The summed E-state index contributed by atoms with van der Waals surface area (Å²) in [5.74, 6) is -1.94. The summed E-state index contributed by atoms with van der Waals surface area (Å²) in [5.41, 5.74) is 0.709. The van der Waals surface area contributed by atoms with Gasteiger partial charge in [-0.25, -0.2) is 4.79 Å². The summed E-state index contributed by atoms with van der Waals surface area (Å²) in [4.78, 5) is 27.7. The Morgan fingerprint density at radius 3 is 2.42 bits per heavy atom. The zero-order chi connectivity index (χ0) is 22.4. The third-order valence-corrected chi connectivity index (χ3v) is 5.99. The third-order valence-electron chi connectivity index (χ3n) is 5.99. The number of carboxylic acids is 1. The van der Waals surface area contributed by atoms with E-state index in [1.807, 2.05) is 4.90 Å². The fraction of sp³-hybridized carbons (Fsp3) is 0.667. The van der Waals surface area contributed by atoms with Crippen LogP contribution in [0.2, 0.25) is 0 Å². The molecule has 0 spiro atoms. The number of morpholine rings is 1. The Hall–Kier alpha value is -2.20. The van der Waals surface area contributed by atoms with Gasteiger partial charge in [-0.3, -0.25) is 9.78 Å². The molecule has 0 radical (unpaired) electrons. The van der Waals surface area contributed by atoms with Gasteiger partial charge in [0, 0.05) is 31.1 Å². The average Bonchev–Trinajstić information content (AvgIpc) is 3.41. The number of pyridine rings is 1. The summed E-state index contributed by atoms with van der Waals surface area (Å²) in [6, 6.07) is 3.72. The molecule has 31 heavy (non-hydrogen) atoms. The van der Waals surface area contributed by atoms with Crippen LogP contribution in [0, 0.1) is 5.92 Å². The van der Waals surface area contributed by atoms with E-state index in [1.54, 1.807) is 24.5 Å². The van der Waals surface area contributed by atoms with Crippen molar-refractivity contribution in [2.45, 2.75) is 63.0 Å². The minimum Gasteiger partial charge on any atom is -0.475 e. The van der Waals surface area contributed by atoms with Crippen molar-refractivity contribution in [1.82, 2.24) is 9.88 Å². The number of hydrogen-bond donors (Lipinski definition) is 1. The first-order valence-corrected chi connectivity index (χ1v) is 10.5. The average molecular weight is 444 g/mol. The van der Waals surface area contributed by atoms with Gasteiger partial charge in [0.05, 0.1) is 18.8 Å². The number of ether oxygens (including phenoxy) is 2. The molecule has 172 valence electrons. The molecule has 0 unspecified atom stereocenters. The predicted molar refractivity (Wildman–Crippen MR) is 103 cm³/mol. The highest BCUT2D eigenvalue weighted by Gasteiger charge is 2.45. The van der Waals surface area contributed by atoms with Crippen molar-refractivity contribution in [3.05, 3.63) is 30.1 Å².